The molecule has 0 saturated carbocycles. The molecule has 108 valence electrons. The molecule has 1 aromatic rings. The van der Waals surface area contributed by atoms with Crippen molar-refractivity contribution in [3.8, 4) is 0 Å². The van der Waals surface area contributed by atoms with Crippen LogP contribution in [0.5, 0.6) is 0 Å². The summed E-state index contributed by atoms with van der Waals surface area (Å²) in [4.78, 5) is 8.80. The topological polar surface area (TPSA) is 75.3 Å². The van der Waals surface area contributed by atoms with Gasteiger partial charge < -0.3 is 15.2 Å². The number of aliphatic imine (C=N–C) groups is 1. The minimum absolute atomic E-state index is 0.293. The van der Waals surface area contributed by atoms with Crippen molar-refractivity contribution in [1.29, 1.82) is 0 Å². The van der Waals surface area contributed by atoms with E-state index in [9.17, 15) is 0 Å². The molecule has 1 rings (SSSR count). The molecule has 0 fully saturated rings. The molecule has 0 aromatic carbocycles. The van der Waals surface area contributed by atoms with Gasteiger partial charge in [-0.05, 0) is 20.8 Å². The smallest absolute Gasteiger partial charge is 0.228 e. The van der Waals surface area contributed by atoms with Crippen molar-refractivity contribution in [3.05, 3.63) is 11.7 Å². The van der Waals surface area contributed by atoms with Gasteiger partial charge in [0.25, 0.3) is 0 Å². The number of nitrogens with one attached hydrogen (secondary N) is 2. The first-order valence-corrected chi connectivity index (χ1v) is 6.90. The normalized spacial score (nSPS) is 12.3. The molecule has 0 aliphatic rings. The zero-order valence-corrected chi connectivity index (χ0v) is 12.5. The van der Waals surface area contributed by atoms with E-state index in [0.717, 1.165) is 18.3 Å². The van der Waals surface area contributed by atoms with E-state index in [2.05, 4.69) is 39.6 Å². The van der Waals surface area contributed by atoms with Crippen LogP contribution in [0, 0.1) is 0 Å². The fraction of sp³-hybridized carbons (Fsp3) is 0.769. The maximum absolute atomic E-state index is 5.18. The van der Waals surface area contributed by atoms with Crippen molar-refractivity contribution in [2.75, 3.05) is 13.1 Å². The highest BCUT2D eigenvalue weighted by Crippen LogP contribution is 2.09. The van der Waals surface area contributed by atoms with Gasteiger partial charge in [0.1, 0.15) is 0 Å². The highest BCUT2D eigenvalue weighted by Gasteiger charge is 2.09. The van der Waals surface area contributed by atoms with Crippen molar-refractivity contribution in [2.45, 2.75) is 53.0 Å². The van der Waals surface area contributed by atoms with Crippen molar-refractivity contribution in [1.82, 2.24) is 20.8 Å². The number of hydrogen-bond acceptors (Lipinski definition) is 4. The van der Waals surface area contributed by atoms with Gasteiger partial charge >= 0.3 is 0 Å². The van der Waals surface area contributed by atoms with Crippen LogP contribution in [-0.2, 0) is 6.42 Å². The highest BCUT2D eigenvalue weighted by molar-refractivity contribution is 5.79. The van der Waals surface area contributed by atoms with Gasteiger partial charge in [-0.15, -0.1) is 0 Å². The third-order valence-electron chi connectivity index (χ3n) is 2.37. The second-order valence-corrected chi connectivity index (χ2v) is 5.01. The Bertz CT molecular complexity index is 397. The number of aromatic nitrogens is 2. The predicted octanol–water partition coefficient (Wildman–Crippen LogP) is 1.70. The third-order valence-corrected chi connectivity index (χ3v) is 2.37. The van der Waals surface area contributed by atoms with Crippen LogP contribution in [0.1, 0.15) is 52.3 Å². The van der Waals surface area contributed by atoms with Crippen LogP contribution in [0.15, 0.2) is 9.52 Å². The van der Waals surface area contributed by atoms with E-state index < -0.39 is 0 Å². The summed E-state index contributed by atoms with van der Waals surface area (Å²) in [6.45, 7) is 11.8. The van der Waals surface area contributed by atoms with E-state index in [4.69, 9.17) is 4.52 Å². The van der Waals surface area contributed by atoms with Crippen LogP contribution in [0.4, 0.5) is 0 Å². The van der Waals surface area contributed by atoms with E-state index in [1.807, 2.05) is 20.8 Å². The first-order valence-electron chi connectivity index (χ1n) is 6.90. The quantitative estimate of drug-likeness (QED) is 0.606. The van der Waals surface area contributed by atoms with E-state index in [1.165, 1.54) is 0 Å². The SMILES string of the molecule is CCNC(=NCCc1nc(C(C)C)no1)NC(C)C. The molecule has 0 saturated heterocycles. The Morgan fingerprint density at radius 3 is 2.58 bits per heavy atom. The Morgan fingerprint density at radius 2 is 2.05 bits per heavy atom. The Kier molecular flexibility index (Phi) is 6.32. The summed E-state index contributed by atoms with van der Waals surface area (Å²) in [5, 5.41) is 10.4. The number of nitrogens with zero attached hydrogens (tertiary/aromatic N) is 3. The highest BCUT2D eigenvalue weighted by atomic mass is 16.5. The molecule has 19 heavy (non-hydrogen) atoms. The zero-order chi connectivity index (χ0) is 14.3. The third kappa shape index (κ3) is 5.72. The van der Waals surface area contributed by atoms with Crippen LogP contribution in [0.2, 0.25) is 0 Å². The molecule has 2 N–H and O–H groups in total. The van der Waals surface area contributed by atoms with Gasteiger partial charge in [0.2, 0.25) is 5.89 Å². The van der Waals surface area contributed by atoms with E-state index >= 15 is 0 Å². The predicted molar refractivity (Wildman–Crippen MR) is 76.3 cm³/mol. The van der Waals surface area contributed by atoms with Gasteiger partial charge in [-0.2, -0.15) is 4.98 Å². The molecule has 0 unspecified atom stereocenters. The summed E-state index contributed by atoms with van der Waals surface area (Å²) >= 11 is 0. The second kappa shape index (κ2) is 7.76. The largest absolute Gasteiger partial charge is 0.357 e. The average molecular weight is 267 g/mol. The number of rotatable bonds is 6. The fourth-order valence-corrected chi connectivity index (χ4v) is 1.46. The van der Waals surface area contributed by atoms with Crippen LogP contribution < -0.4 is 10.6 Å². The van der Waals surface area contributed by atoms with Crippen molar-refractivity contribution >= 4 is 5.96 Å². The van der Waals surface area contributed by atoms with Gasteiger partial charge in [-0.3, -0.25) is 4.99 Å². The summed E-state index contributed by atoms with van der Waals surface area (Å²) < 4.78 is 5.18. The summed E-state index contributed by atoms with van der Waals surface area (Å²) in [6, 6.07) is 0.355. The number of guanidine groups is 1. The minimum atomic E-state index is 0.293. The molecule has 0 amide bonds. The molecular formula is C13H25N5O. The summed E-state index contributed by atoms with van der Waals surface area (Å²) in [5.41, 5.74) is 0. The zero-order valence-electron chi connectivity index (χ0n) is 12.5. The first-order chi connectivity index (χ1) is 9.02. The van der Waals surface area contributed by atoms with Gasteiger partial charge in [0, 0.05) is 24.9 Å². The van der Waals surface area contributed by atoms with Gasteiger partial charge in [0.15, 0.2) is 11.8 Å². The Balaban J connectivity index is 2.48. The lowest BCUT2D eigenvalue weighted by molar-refractivity contribution is 0.372. The van der Waals surface area contributed by atoms with Crippen molar-refractivity contribution < 1.29 is 4.52 Å². The second-order valence-electron chi connectivity index (χ2n) is 5.01. The Morgan fingerprint density at radius 1 is 1.32 bits per heavy atom. The van der Waals surface area contributed by atoms with Crippen LogP contribution in [0.25, 0.3) is 0 Å². The van der Waals surface area contributed by atoms with Crippen molar-refractivity contribution in [3.63, 3.8) is 0 Å². The lowest BCUT2D eigenvalue weighted by atomic mass is 10.2. The molecule has 0 spiro atoms. The molecule has 0 aliphatic carbocycles. The van der Waals surface area contributed by atoms with Crippen LogP contribution in [0.3, 0.4) is 0 Å². The molecule has 0 bridgehead atoms. The molecule has 6 heteroatoms. The summed E-state index contributed by atoms with van der Waals surface area (Å²) in [7, 11) is 0. The molecular weight excluding hydrogens is 242 g/mol. The molecule has 6 nitrogen and oxygen atoms in total. The van der Waals surface area contributed by atoms with E-state index in [1.54, 1.807) is 0 Å². The van der Waals surface area contributed by atoms with Crippen molar-refractivity contribution in [2.24, 2.45) is 4.99 Å². The fourth-order valence-electron chi connectivity index (χ4n) is 1.46. The molecule has 1 heterocycles. The number of hydrogen-bond donors (Lipinski definition) is 2. The summed E-state index contributed by atoms with van der Waals surface area (Å²) in [6.07, 6.45) is 0.661. The van der Waals surface area contributed by atoms with Crippen LogP contribution in [-0.4, -0.2) is 35.2 Å². The lowest BCUT2D eigenvalue weighted by Gasteiger charge is -2.13. The van der Waals surface area contributed by atoms with Gasteiger partial charge in [-0.1, -0.05) is 19.0 Å². The van der Waals surface area contributed by atoms with Gasteiger partial charge in [-0.25, -0.2) is 0 Å². The first kappa shape index (κ1) is 15.5. The lowest BCUT2D eigenvalue weighted by Crippen LogP contribution is -2.41. The molecule has 0 radical (unpaired) electrons. The molecule has 0 aliphatic heterocycles. The Hall–Kier alpha value is -1.59. The van der Waals surface area contributed by atoms with Gasteiger partial charge in [0.05, 0.1) is 6.54 Å². The summed E-state index contributed by atoms with van der Waals surface area (Å²) in [5.74, 6) is 2.51. The Labute approximate surface area is 115 Å². The monoisotopic (exact) mass is 267 g/mol. The standard InChI is InChI=1S/C13H25N5O/c1-6-14-13(16-10(4)5)15-8-7-11-17-12(9(2)3)18-19-11/h9-10H,6-8H2,1-5H3,(H2,14,15,16). The molecule has 1 aromatic heterocycles. The maximum atomic E-state index is 5.18. The van der Waals surface area contributed by atoms with Crippen LogP contribution >= 0.6 is 0 Å². The van der Waals surface area contributed by atoms with E-state index in [-0.39, 0.29) is 0 Å². The average Bonchev–Trinajstić information content (AvgIpc) is 2.77. The maximum Gasteiger partial charge on any atom is 0.228 e. The molecule has 0 atom stereocenters. The minimum Gasteiger partial charge on any atom is -0.357 e. The van der Waals surface area contributed by atoms with E-state index in [0.29, 0.717) is 30.8 Å².